The first-order valence-corrected chi connectivity index (χ1v) is 4.74. The lowest BCUT2D eigenvalue weighted by molar-refractivity contribution is -0.111. The van der Waals surface area contributed by atoms with Crippen molar-refractivity contribution in [2.45, 2.75) is 12.6 Å². The van der Waals surface area contributed by atoms with Crippen LogP contribution in [-0.2, 0) is 16.1 Å². The number of rotatable bonds is 3. The van der Waals surface area contributed by atoms with Crippen LogP contribution in [0.25, 0.3) is 0 Å². The summed E-state index contributed by atoms with van der Waals surface area (Å²) in [6, 6.07) is 9.07. The highest BCUT2D eigenvalue weighted by molar-refractivity contribution is 5.76. The molecular weight excluding hydrogens is 194 g/mol. The summed E-state index contributed by atoms with van der Waals surface area (Å²) in [5, 5.41) is 0. The van der Waals surface area contributed by atoms with E-state index < -0.39 is 12.1 Å². The Kier molecular flexibility index (Phi) is 2.67. The second-order valence-corrected chi connectivity index (χ2v) is 3.39. The van der Waals surface area contributed by atoms with Crippen molar-refractivity contribution in [2.24, 2.45) is 0 Å². The quantitative estimate of drug-likeness (QED) is 0.697. The molecule has 0 aromatic heterocycles. The molecule has 1 saturated heterocycles. The van der Waals surface area contributed by atoms with Gasteiger partial charge in [0.25, 0.3) is 0 Å². The molecule has 15 heavy (non-hydrogen) atoms. The Labute approximate surface area is 87.4 Å². The predicted molar refractivity (Wildman–Crippen MR) is 53.2 cm³/mol. The summed E-state index contributed by atoms with van der Waals surface area (Å²) in [6.45, 7) is 0.582. The first-order chi connectivity index (χ1) is 7.31. The molecule has 1 aliphatic heterocycles. The number of hydrogen-bond donors (Lipinski definition) is 0. The Morgan fingerprint density at radius 1 is 1.40 bits per heavy atom. The number of carbonyl (C=O) groups is 2. The van der Waals surface area contributed by atoms with Crippen molar-refractivity contribution in [1.82, 2.24) is 4.90 Å². The fraction of sp³-hybridized carbons (Fsp3) is 0.273. The van der Waals surface area contributed by atoms with Gasteiger partial charge in [0.15, 0.2) is 0 Å². The molecule has 2 rings (SSSR count). The van der Waals surface area contributed by atoms with E-state index in [4.69, 9.17) is 4.74 Å². The van der Waals surface area contributed by atoms with Gasteiger partial charge in [0.1, 0.15) is 18.9 Å². The number of benzene rings is 1. The van der Waals surface area contributed by atoms with Crippen LogP contribution < -0.4 is 0 Å². The second-order valence-electron chi connectivity index (χ2n) is 3.39. The van der Waals surface area contributed by atoms with E-state index in [1.807, 2.05) is 30.3 Å². The summed E-state index contributed by atoms with van der Waals surface area (Å²) >= 11 is 0. The number of aldehydes is 1. The number of amides is 1. The summed E-state index contributed by atoms with van der Waals surface area (Å²) in [5.74, 6) is 0. The normalized spacial score (nSPS) is 20.1. The third-order valence-electron chi connectivity index (χ3n) is 2.37. The molecular formula is C11H11NO3. The zero-order valence-corrected chi connectivity index (χ0v) is 8.13. The fourth-order valence-electron chi connectivity index (χ4n) is 1.54. The van der Waals surface area contributed by atoms with Gasteiger partial charge in [-0.3, -0.25) is 4.90 Å². The van der Waals surface area contributed by atoms with E-state index in [1.54, 1.807) is 0 Å². The lowest BCUT2D eigenvalue weighted by Gasteiger charge is -2.16. The van der Waals surface area contributed by atoms with Gasteiger partial charge in [-0.05, 0) is 5.56 Å². The van der Waals surface area contributed by atoms with E-state index in [0.717, 1.165) is 11.8 Å². The third kappa shape index (κ3) is 1.98. The minimum Gasteiger partial charge on any atom is -0.447 e. The van der Waals surface area contributed by atoms with Gasteiger partial charge in [-0.2, -0.15) is 0 Å². The molecule has 0 N–H and O–H groups in total. The molecule has 1 fully saturated rings. The standard InChI is InChI=1S/C11H11NO3/c13-7-10-8-15-11(14)12(10)6-9-4-2-1-3-5-9/h1-5,7,10H,6,8H2/t10-/m0/s1. The molecule has 0 radical (unpaired) electrons. The SMILES string of the molecule is O=C[C@H]1COC(=O)N1Cc1ccccc1. The molecule has 1 atom stereocenters. The largest absolute Gasteiger partial charge is 0.447 e. The van der Waals surface area contributed by atoms with Crippen molar-refractivity contribution in [1.29, 1.82) is 0 Å². The highest BCUT2D eigenvalue weighted by Crippen LogP contribution is 2.14. The zero-order chi connectivity index (χ0) is 10.7. The van der Waals surface area contributed by atoms with Crippen LogP contribution in [0.15, 0.2) is 30.3 Å². The van der Waals surface area contributed by atoms with Crippen LogP contribution in [0.3, 0.4) is 0 Å². The molecule has 1 aliphatic rings. The number of ether oxygens (including phenoxy) is 1. The second kappa shape index (κ2) is 4.13. The van der Waals surface area contributed by atoms with E-state index in [0.29, 0.717) is 6.54 Å². The monoisotopic (exact) mass is 205 g/mol. The maximum absolute atomic E-state index is 11.3. The molecule has 78 valence electrons. The summed E-state index contributed by atoms with van der Waals surface area (Å²) in [7, 11) is 0. The minimum absolute atomic E-state index is 0.162. The third-order valence-corrected chi connectivity index (χ3v) is 2.37. The van der Waals surface area contributed by atoms with Gasteiger partial charge >= 0.3 is 6.09 Å². The molecule has 0 bridgehead atoms. The van der Waals surface area contributed by atoms with Gasteiger partial charge in [-0.1, -0.05) is 30.3 Å². The highest BCUT2D eigenvalue weighted by Gasteiger charge is 2.32. The van der Waals surface area contributed by atoms with Crippen molar-refractivity contribution in [2.75, 3.05) is 6.61 Å². The fourth-order valence-corrected chi connectivity index (χ4v) is 1.54. The summed E-state index contributed by atoms with van der Waals surface area (Å²) in [5.41, 5.74) is 0.989. The number of hydrogen-bond acceptors (Lipinski definition) is 3. The zero-order valence-electron chi connectivity index (χ0n) is 8.13. The maximum atomic E-state index is 11.3. The van der Waals surface area contributed by atoms with Crippen LogP contribution in [-0.4, -0.2) is 29.9 Å². The van der Waals surface area contributed by atoms with Crippen LogP contribution in [0.2, 0.25) is 0 Å². The van der Waals surface area contributed by atoms with Crippen molar-refractivity contribution < 1.29 is 14.3 Å². The van der Waals surface area contributed by atoms with Crippen molar-refractivity contribution >= 4 is 12.4 Å². The average molecular weight is 205 g/mol. The molecule has 1 heterocycles. The van der Waals surface area contributed by atoms with Crippen molar-refractivity contribution in [3.05, 3.63) is 35.9 Å². The van der Waals surface area contributed by atoms with E-state index in [-0.39, 0.29) is 6.61 Å². The first kappa shape index (κ1) is 9.71. The predicted octanol–water partition coefficient (Wildman–Crippen LogP) is 1.21. The Balaban J connectivity index is 2.10. The molecule has 4 heteroatoms. The molecule has 0 saturated carbocycles. The van der Waals surface area contributed by atoms with Crippen LogP contribution in [0.5, 0.6) is 0 Å². The van der Waals surface area contributed by atoms with Crippen molar-refractivity contribution in [3.8, 4) is 0 Å². The smallest absolute Gasteiger partial charge is 0.410 e. The molecule has 4 nitrogen and oxygen atoms in total. The van der Waals surface area contributed by atoms with Crippen LogP contribution >= 0.6 is 0 Å². The topological polar surface area (TPSA) is 46.6 Å². The van der Waals surface area contributed by atoms with E-state index in [1.165, 1.54) is 4.90 Å². The van der Waals surface area contributed by atoms with Crippen LogP contribution in [0.4, 0.5) is 4.79 Å². The molecule has 0 unspecified atom stereocenters. The molecule has 1 aromatic rings. The Morgan fingerprint density at radius 2 is 2.13 bits per heavy atom. The van der Waals surface area contributed by atoms with Crippen LogP contribution in [0.1, 0.15) is 5.56 Å². The van der Waals surface area contributed by atoms with Gasteiger partial charge in [0, 0.05) is 6.54 Å². The maximum Gasteiger partial charge on any atom is 0.410 e. The Hall–Kier alpha value is -1.84. The Bertz CT molecular complexity index is 363. The highest BCUT2D eigenvalue weighted by atomic mass is 16.6. The minimum atomic E-state index is -0.447. The molecule has 1 amide bonds. The van der Waals surface area contributed by atoms with Crippen molar-refractivity contribution in [3.63, 3.8) is 0 Å². The number of carbonyl (C=O) groups excluding carboxylic acids is 2. The van der Waals surface area contributed by atoms with Gasteiger partial charge in [0.05, 0.1) is 0 Å². The van der Waals surface area contributed by atoms with Crippen LogP contribution in [0, 0.1) is 0 Å². The van der Waals surface area contributed by atoms with Gasteiger partial charge in [0.2, 0.25) is 0 Å². The average Bonchev–Trinajstić information content (AvgIpc) is 2.62. The number of cyclic esters (lactones) is 1. The summed E-state index contributed by atoms with van der Waals surface area (Å²) in [6.07, 6.45) is 0.323. The van der Waals surface area contributed by atoms with Gasteiger partial charge in [-0.15, -0.1) is 0 Å². The lowest BCUT2D eigenvalue weighted by Crippen LogP contribution is -2.33. The van der Waals surface area contributed by atoms with E-state index >= 15 is 0 Å². The van der Waals surface area contributed by atoms with Gasteiger partial charge in [-0.25, -0.2) is 4.79 Å². The van der Waals surface area contributed by atoms with E-state index in [9.17, 15) is 9.59 Å². The summed E-state index contributed by atoms with van der Waals surface area (Å²) < 4.78 is 4.80. The summed E-state index contributed by atoms with van der Waals surface area (Å²) in [4.78, 5) is 23.4. The van der Waals surface area contributed by atoms with Gasteiger partial charge < -0.3 is 9.53 Å². The molecule has 0 aliphatic carbocycles. The first-order valence-electron chi connectivity index (χ1n) is 4.74. The molecule has 0 spiro atoms. The van der Waals surface area contributed by atoms with E-state index in [2.05, 4.69) is 0 Å². The number of nitrogens with zero attached hydrogens (tertiary/aromatic N) is 1. The Morgan fingerprint density at radius 3 is 2.80 bits per heavy atom. The lowest BCUT2D eigenvalue weighted by atomic mass is 10.2. The molecule has 1 aromatic carbocycles.